The van der Waals surface area contributed by atoms with E-state index in [9.17, 15) is 10.1 Å². The first-order valence-electron chi connectivity index (χ1n) is 5.24. The summed E-state index contributed by atoms with van der Waals surface area (Å²) >= 11 is 3.45. The molecule has 0 spiro atoms. The molecule has 18 heavy (non-hydrogen) atoms. The molecule has 0 saturated heterocycles. The second-order valence-electron chi connectivity index (χ2n) is 3.60. The molecule has 1 aromatic carbocycles. The zero-order chi connectivity index (χ0) is 13.0. The van der Waals surface area contributed by atoms with Crippen molar-refractivity contribution < 1.29 is 4.92 Å². The van der Waals surface area contributed by atoms with E-state index in [2.05, 4.69) is 26.2 Å². The minimum absolute atomic E-state index is 0.0126. The van der Waals surface area contributed by atoms with Crippen LogP contribution >= 0.6 is 15.9 Å². The van der Waals surface area contributed by atoms with Gasteiger partial charge in [0.15, 0.2) is 0 Å². The molecule has 0 unspecified atom stereocenters. The lowest BCUT2D eigenvalue weighted by atomic mass is 10.2. The first kappa shape index (κ1) is 12.5. The van der Waals surface area contributed by atoms with Gasteiger partial charge in [-0.25, -0.2) is 4.98 Å². The molecule has 0 saturated carbocycles. The Bertz CT molecular complexity index is 558. The molecular formula is C12H10BrN3O2. The molecule has 0 radical (unpaired) electrons. The molecule has 5 nitrogen and oxygen atoms in total. The minimum Gasteiger partial charge on any atom is -0.366 e. The van der Waals surface area contributed by atoms with Gasteiger partial charge in [-0.3, -0.25) is 10.1 Å². The largest absolute Gasteiger partial charge is 0.366 e. The number of hydrogen-bond acceptors (Lipinski definition) is 4. The number of rotatable bonds is 4. The van der Waals surface area contributed by atoms with Crippen LogP contribution in [-0.2, 0) is 6.54 Å². The van der Waals surface area contributed by atoms with E-state index in [1.807, 2.05) is 24.3 Å². The van der Waals surface area contributed by atoms with E-state index in [0.29, 0.717) is 12.4 Å². The zero-order valence-corrected chi connectivity index (χ0v) is 10.9. The highest BCUT2D eigenvalue weighted by Gasteiger charge is 2.05. The second-order valence-corrected chi connectivity index (χ2v) is 4.46. The Morgan fingerprint density at radius 2 is 2.06 bits per heavy atom. The van der Waals surface area contributed by atoms with E-state index in [-0.39, 0.29) is 5.69 Å². The van der Waals surface area contributed by atoms with Crippen LogP contribution in [0.1, 0.15) is 5.56 Å². The number of hydrogen-bond donors (Lipinski definition) is 1. The van der Waals surface area contributed by atoms with Gasteiger partial charge in [0.25, 0.3) is 5.69 Å². The molecule has 0 aliphatic rings. The number of anilines is 1. The van der Waals surface area contributed by atoms with E-state index in [1.54, 1.807) is 6.07 Å². The Balaban J connectivity index is 2.02. The van der Waals surface area contributed by atoms with Gasteiger partial charge < -0.3 is 5.32 Å². The van der Waals surface area contributed by atoms with E-state index in [1.165, 1.54) is 12.3 Å². The van der Waals surface area contributed by atoms with Crippen molar-refractivity contribution in [2.75, 3.05) is 5.32 Å². The fraction of sp³-hybridized carbons (Fsp3) is 0.0833. The average molecular weight is 308 g/mol. The fourth-order valence-corrected chi connectivity index (χ4v) is 1.85. The maximum atomic E-state index is 10.5. The normalized spacial score (nSPS) is 10.1. The van der Waals surface area contributed by atoms with Crippen LogP contribution in [0, 0.1) is 10.1 Å². The molecule has 1 N–H and O–H groups in total. The van der Waals surface area contributed by atoms with Crippen LogP contribution in [-0.4, -0.2) is 9.91 Å². The van der Waals surface area contributed by atoms with Gasteiger partial charge in [-0.15, -0.1) is 0 Å². The quantitative estimate of drug-likeness (QED) is 0.694. The Labute approximate surface area is 112 Å². The van der Waals surface area contributed by atoms with Gasteiger partial charge in [0.05, 0.1) is 4.92 Å². The third kappa shape index (κ3) is 3.04. The molecule has 0 amide bonds. The number of pyridine rings is 1. The molecule has 1 heterocycles. The highest BCUT2D eigenvalue weighted by molar-refractivity contribution is 9.10. The van der Waals surface area contributed by atoms with Gasteiger partial charge in [0.2, 0.25) is 0 Å². The van der Waals surface area contributed by atoms with Gasteiger partial charge >= 0.3 is 0 Å². The van der Waals surface area contributed by atoms with Crippen molar-refractivity contribution in [2.24, 2.45) is 0 Å². The third-order valence-electron chi connectivity index (χ3n) is 2.38. The Hall–Kier alpha value is -1.95. The second kappa shape index (κ2) is 5.59. The Morgan fingerprint density at radius 1 is 1.28 bits per heavy atom. The molecule has 2 rings (SSSR count). The zero-order valence-electron chi connectivity index (χ0n) is 9.34. The molecule has 0 aliphatic carbocycles. The number of nitrogens with one attached hydrogen (secondary N) is 1. The smallest absolute Gasteiger partial charge is 0.287 e. The fourth-order valence-electron chi connectivity index (χ4n) is 1.43. The van der Waals surface area contributed by atoms with Crippen LogP contribution in [0.4, 0.5) is 11.5 Å². The maximum Gasteiger partial charge on any atom is 0.287 e. The van der Waals surface area contributed by atoms with Crippen LogP contribution in [0.15, 0.2) is 47.1 Å². The van der Waals surface area contributed by atoms with Crippen LogP contribution < -0.4 is 5.32 Å². The van der Waals surface area contributed by atoms with Gasteiger partial charge in [-0.05, 0) is 17.7 Å². The maximum absolute atomic E-state index is 10.5. The number of nitrogens with zero attached hydrogens (tertiary/aromatic N) is 2. The average Bonchev–Trinajstić information content (AvgIpc) is 2.38. The van der Waals surface area contributed by atoms with Crippen LogP contribution in [0.2, 0.25) is 0 Å². The molecule has 6 heteroatoms. The molecule has 0 fully saturated rings. The van der Waals surface area contributed by atoms with E-state index < -0.39 is 4.92 Å². The Morgan fingerprint density at radius 3 is 2.67 bits per heavy atom. The summed E-state index contributed by atoms with van der Waals surface area (Å²) in [6, 6.07) is 10.9. The highest BCUT2D eigenvalue weighted by Crippen LogP contribution is 2.17. The number of nitro groups is 1. The van der Waals surface area contributed by atoms with Crippen molar-refractivity contribution in [1.29, 1.82) is 0 Å². The summed E-state index contributed by atoms with van der Waals surface area (Å²) in [5.41, 5.74) is 1.08. The predicted octanol–water partition coefficient (Wildman–Crippen LogP) is 3.36. The topological polar surface area (TPSA) is 68.1 Å². The molecule has 0 atom stereocenters. The summed E-state index contributed by atoms with van der Waals surface area (Å²) in [7, 11) is 0. The van der Waals surface area contributed by atoms with Gasteiger partial charge in [-0.2, -0.15) is 0 Å². The van der Waals surface area contributed by atoms with Crippen molar-refractivity contribution in [3.8, 4) is 0 Å². The molecule has 2 aromatic rings. The van der Waals surface area contributed by atoms with Gasteiger partial charge in [0, 0.05) is 17.1 Å². The number of halogens is 1. The van der Waals surface area contributed by atoms with Crippen molar-refractivity contribution in [1.82, 2.24) is 4.98 Å². The molecular weight excluding hydrogens is 298 g/mol. The van der Waals surface area contributed by atoms with Gasteiger partial charge in [-0.1, -0.05) is 34.1 Å². The summed E-state index contributed by atoms with van der Waals surface area (Å²) < 4.78 is 1.01. The molecule has 0 aliphatic heterocycles. The van der Waals surface area contributed by atoms with E-state index in [4.69, 9.17) is 0 Å². The standard InChI is InChI=1S/C12H10BrN3O2/c13-11-4-2-1-3-9(11)7-14-12-6-5-10(8-15-12)16(17)18/h1-6,8H,7H2,(H,14,15). The molecule has 1 aromatic heterocycles. The minimum atomic E-state index is -0.468. The Kier molecular flexibility index (Phi) is 3.88. The first-order chi connectivity index (χ1) is 8.66. The summed E-state index contributed by atoms with van der Waals surface area (Å²) in [5, 5.41) is 13.6. The van der Waals surface area contributed by atoms with E-state index >= 15 is 0 Å². The van der Waals surface area contributed by atoms with Crippen LogP contribution in [0.25, 0.3) is 0 Å². The lowest BCUT2D eigenvalue weighted by molar-refractivity contribution is -0.385. The molecule has 0 bridgehead atoms. The third-order valence-corrected chi connectivity index (χ3v) is 3.15. The number of aromatic nitrogens is 1. The van der Waals surface area contributed by atoms with Gasteiger partial charge in [0.1, 0.15) is 12.0 Å². The van der Waals surface area contributed by atoms with Crippen LogP contribution in [0.3, 0.4) is 0 Å². The first-order valence-corrected chi connectivity index (χ1v) is 6.04. The lowest BCUT2D eigenvalue weighted by Crippen LogP contribution is -2.02. The molecule has 92 valence electrons. The summed E-state index contributed by atoms with van der Waals surface area (Å²) in [5.74, 6) is 0.608. The predicted molar refractivity (Wildman–Crippen MR) is 72.4 cm³/mol. The summed E-state index contributed by atoms with van der Waals surface area (Å²) in [6.45, 7) is 0.603. The van der Waals surface area contributed by atoms with Crippen LogP contribution in [0.5, 0.6) is 0 Å². The van der Waals surface area contributed by atoms with Crippen molar-refractivity contribution in [2.45, 2.75) is 6.54 Å². The number of benzene rings is 1. The lowest BCUT2D eigenvalue weighted by Gasteiger charge is -2.06. The SMILES string of the molecule is O=[N+]([O-])c1ccc(NCc2ccccc2Br)nc1. The monoisotopic (exact) mass is 307 g/mol. The highest BCUT2D eigenvalue weighted by atomic mass is 79.9. The van der Waals surface area contributed by atoms with Crippen molar-refractivity contribution in [3.63, 3.8) is 0 Å². The summed E-state index contributed by atoms with van der Waals surface area (Å²) in [4.78, 5) is 14.0. The van der Waals surface area contributed by atoms with E-state index in [0.717, 1.165) is 10.0 Å². The van der Waals surface area contributed by atoms with Crippen molar-refractivity contribution in [3.05, 3.63) is 62.7 Å². The van der Waals surface area contributed by atoms with Crippen molar-refractivity contribution >= 4 is 27.4 Å². The summed E-state index contributed by atoms with van der Waals surface area (Å²) in [6.07, 6.45) is 1.24.